The van der Waals surface area contributed by atoms with Crippen molar-refractivity contribution in [3.05, 3.63) is 26.0 Å². The van der Waals surface area contributed by atoms with Gasteiger partial charge in [0.1, 0.15) is 0 Å². The van der Waals surface area contributed by atoms with Crippen LogP contribution in [0.5, 0.6) is 0 Å². The average Bonchev–Trinajstić information content (AvgIpc) is 2.61. The van der Waals surface area contributed by atoms with Gasteiger partial charge < -0.3 is 0 Å². The van der Waals surface area contributed by atoms with Gasteiger partial charge in [-0.2, -0.15) is 0 Å². The third kappa shape index (κ3) is 2.18. The van der Waals surface area contributed by atoms with E-state index >= 15 is 0 Å². The fraction of sp³-hybridized carbons (Fsp3) is 0. The molecule has 0 aliphatic carbocycles. The van der Waals surface area contributed by atoms with Crippen molar-refractivity contribution in [1.29, 1.82) is 0 Å². The van der Waals surface area contributed by atoms with Crippen molar-refractivity contribution in [3.63, 3.8) is 0 Å². The zero-order valence-electron chi connectivity index (χ0n) is 5.68. The van der Waals surface area contributed by atoms with E-state index in [-0.39, 0.29) is 0 Å². The van der Waals surface area contributed by atoms with Crippen molar-refractivity contribution in [3.8, 4) is 0 Å². The van der Waals surface area contributed by atoms with Gasteiger partial charge in [0.25, 0.3) is 0 Å². The summed E-state index contributed by atoms with van der Waals surface area (Å²) in [4.78, 5) is 4.62. The van der Waals surface area contributed by atoms with Gasteiger partial charge in [-0.1, -0.05) is 0 Å². The van der Waals surface area contributed by atoms with E-state index in [2.05, 4.69) is 35.2 Å². The van der Waals surface area contributed by atoms with E-state index in [1.54, 1.807) is 26.9 Å². The first kappa shape index (κ1) is 10.2. The standard InChI is InChI=1S/C6H4S4Se2/c7-3-4(8)10-5(9-3)6-11-1-2-12-6/h1-2,7-8H. The van der Waals surface area contributed by atoms with Crippen molar-refractivity contribution >= 4 is 78.7 Å². The normalized spacial score (nSPS) is 23.2. The predicted molar refractivity (Wildman–Crippen MR) is 67.9 cm³/mol. The molecule has 0 fully saturated rings. The van der Waals surface area contributed by atoms with Gasteiger partial charge in [0.2, 0.25) is 0 Å². The summed E-state index contributed by atoms with van der Waals surface area (Å²) in [5, 5.41) is 0. The van der Waals surface area contributed by atoms with E-state index in [4.69, 9.17) is 0 Å². The van der Waals surface area contributed by atoms with Gasteiger partial charge in [0.05, 0.1) is 0 Å². The SMILES string of the molecule is SC1=C(S)SC(=C2[Se]C=C[Se]2)S1. The first-order valence-corrected chi connectivity index (χ1v) is 9.20. The minimum atomic E-state index is 0.613. The second-order valence-corrected chi connectivity index (χ2v) is 10.9. The van der Waals surface area contributed by atoms with Crippen molar-refractivity contribution in [2.45, 2.75) is 0 Å². The summed E-state index contributed by atoms with van der Waals surface area (Å²) in [7, 11) is 0. The van der Waals surface area contributed by atoms with Crippen LogP contribution in [0.1, 0.15) is 0 Å². The summed E-state index contributed by atoms with van der Waals surface area (Å²) in [6, 6.07) is 0. The molecule has 0 unspecified atom stereocenters. The Hall–Kier alpha value is 1.66. The van der Waals surface area contributed by atoms with Gasteiger partial charge in [-0.25, -0.2) is 0 Å². The molecule has 64 valence electrons. The summed E-state index contributed by atoms with van der Waals surface area (Å²) < 4.78 is 5.20. The first-order chi connectivity index (χ1) is 5.77. The fourth-order valence-electron chi connectivity index (χ4n) is 0.670. The van der Waals surface area contributed by atoms with Gasteiger partial charge in [0, 0.05) is 0 Å². The molecular weight excluding hydrogens is 358 g/mol. The van der Waals surface area contributed by atoms with E-state index in [0.717, 1.165) is 8.47 Å². The van der Waals surface area contributed by atoms with Crippen molar-refractivity contribution in [1.82, 2.24) is 0 Å². The number of hydrogen-bond donors (Lipinski definition) is 2. The fourth-order valence-corrected chi connectivity index (χ4v) is 9.82. The van der Waals surface area contributed by atoms with E-state index in [0.29, 0.717) is 29.9 Å². The number of rotatable bonds is 0. The van der Waals surface area contributed by atoms with Gasteiger partial charge in [-0.3, -0.25) is 0 Å². The van der Waals surface area contributed by atoms with Crippen molar-refractivity contribution in [2.75, 3.05) is 0 Å². The summed E-state index contributed by atoms with van der Waals surface area (Å²) >= 11 is 13.5. The van der Waals surface area contributed by atoms with E-state index in [1.165, 1.54) is 4.24 Å². The molecule has 2 aliphatic heterocycles. The molecule has 0 aromatic heterocycles. The second-order valence-electron chi connectivity index (χ2n) is 1.90. The molecule has 2 aliphatic rings. The van der Waals surface area contributed by atoms with Crippen LogP contribution in [0.3, 0.4) is 0 Å². The summed E-state index contributed by atoms with van der Waals surface area (Å²) in [5.74, 6) is 0. The zero-order valence-corrected chi connectivity index (χ0v) is 12.5. The molecule has 0 saturated heterocycles. The van der Waals surface area contributed by atoms with Gasteiger partial charge in [-0.15, -0.1) is 0 Å². The third-order valence-electron chi connectivity index (χ3n) is 1.13. The Balaban J connectivity index is 2.16. The molecule has 6 heteroatoms. The first-order valence-electron chi connectivity index (χ1n) is 2.98. The van der Waals surface area contributed by atoms with Crippen LogP contribution >= 0.6 is 48.8 Å². The molecule has 0 amide bonds. The number of hydrogen-bond acceptors (Lipinski definition) is 4. The molecule has 0 atom stereocenters. The molecule has 0 N–H and O–H groups in total. The molecule has 0 aromatic rings. The van der Waals surface area contributed by atoms with Crippen LogP contribution in [0, 0.1) is 0 Å². The van der Waals surface area contributed by atoms with Crippen LogP contribution in [0.15, 0.2) is 26.0 Å². The van der Waals surface area contributed by atoms with Gasteiger partial charge in [0.15, 0.2) is 0 Å². The second kappa shape index (κ2) is 4.45. The number of thioether (sulfide) groups is 2. The number of thiol groups is 2. The predicted octanol–water partition coefficient (Wildman–Crippen LogP) is 2.47. The van der Waals surface area contributed by atoms with Crippen LogP contribution < -0.4 is 0 Å². The molecule has 0 nitrogen and oxygen atoms in total. The Bertz CT molecular complexity index is 279. The molecule has 2 rings (SSSR count). The van der Waals surface area contributed by atoms with E-state index < -0.39 is 0 Å². The molecule has 0 saturated carbocycles. The monoisotopic (exact) mass is 364 g/mol. The molecule has 2 heterocycles. The maximum atomic E-state index is 4.34. The topological polar surface area (TPSA) is 0 Å². The molecule has 0 aromatic carbocycles. The quantitative estimate of drug-likeness (QED) is 0.502. The Morgan fingerprint density at radius 3 is 2.00 bits per heavy atom. The van der Waals surface area contributed by atoms with Gasteiger partial charge >= 0.3 is 105 Å². The zero-order chi connectivity index (χ0) is 8.55. The van der Waals surface area contributed by atoms with Crippen molar-refractivity contribution < 1.29 is 0 Å². The Morgan fingerprint density at radius 2 is 1.50 bits per heavy atom. The summed E-state index contributed by atoms with van der Waals surface area (Å²) in [6.45, 7) is 0. The maximum absolute atomic E-state index is 4.34. The molecule has 0 bridgehead atoms. The van der Waals surface area contributed by atoms with E-state index in [1.807, 2.05) is 0 Å². The molecule has 0 spiro atoms. The Labute approximate surface area is 104 Å². The molecule has 12 heavy (non-hydrogen) atoms. The van der Waals surface area contributed by atoms with Crippen LogP contribution in [-0.4, -0.2) is 29.9 Å². The van der Waals surface area contributed by atoms with Crippen LogP contribution in [0.2, 0.25) is 0 Å². The average molecular weight is 362 g/mol. The summed E-state index contributed by atoms with van der Waals surface area (Å²) in [5.41, 5.74) is 0. The van der Waals surface area contributed by atoms with E-state index in [9.17, 15) is 0 Å². The van der Waals surface area contributed by atoms with Crippen LogP contribution in [-0.2, 0) is 0 Å². The van der Waals surface area contributed by atoms with Gasteiger partial charge in [-0.05, 0) is 0 Å². The summed E-state index contributed by atoms with van der Waals surface area (Å²) in [6.07, 6.45) is 0. The Kier molecular flexibility index (Phi) is 3.78. The minimum absolute atomic E-state index is 0.613. The van der Waals surface area contributed by atoms with Crippen molar-refractivity contribution in [2.24, 2.45) is 0 Å². The third-order valence-corrected chi connectivity index (χ3v) is 11.8. The van der Waals surface area contributed by atoms with Crippen LogP contribution in [0.4, 0.5) is 0 Å². The molecular formula is C6H4S4Se2. The Morgan fingerprint density at radius 1 is 1.00 bits per heavy atom. The molecule has 0 radical (unpaired) electrons. The van der Waals surface area contributed by atoms with Crippen LogP contribution in [0.25, 0.3) is 0 Å².